The Labute approximate surface area is 154 Å². The van der Waals surface area contributed by atoms with E-state index < -0.39 is 5.97 Å². The van der Waals surface area contributed by atoms with Crippen LogP contribution in [-0.2, 0) is 4.79 Å². The zero-order valence-corrected chi connectivity index (χ0v) is 15.2. The van der Waals surface area contributed by atoms with E-state index in [1.54, 1.807) is 0 Å². The van der Waals surface area contributed by atoms with Gasteiger partial charge in [-0.15, -0.1) is 0 Å². The second-order valence-corrected chi connectivity index (χ2v) is 6.30. The van der Waals surface area contributed by atoms with E-state index in [1.165, 1.54) is 11.1 Å². The van der Waals surface area contributed by atoms with Gasteiger partial charge in [-0.1, -0.05) is 53.9 Å². The fraction of sp³-hybridized carbons (Fsp3) is 0.125. The molecule has 0 saturated heterocycles. The normalized spacial score (nSPS) is 9.96. The van der Waals surface area contributed by atoms with E-state index in [-0.39, 0.29) is 0 Å². The van der Waals surface area contributed by atoms with Crippen LogP contribution in [-0.4, -0.2) is 5.97 Å². The first-order valence-corrected chi connectivity index (χ1v) is 8.50. The predicted molar refractivity (Wildman–Crippen MR) is 105 cm³/mol. The molecule has 0 atom stereocenters. The summed E-state index contributed by atoms with van der Waals surface area (Å²) in [4.78, 5) is 12.0. The molecule has 2 nitrogen and oxygen atoms in total. The topological polar surface area (TPSA) is 26.3 Å². The van der Waals surface area contributed by atoms with Crippen LogP contribution in [0.25, 0.3) is 11.1 Å². The largest absolute Gasteiger partial charge is 0.417 e. The van der Waals surface area contributed by atoms with Gasteiger partial charge in [-0.2, -0.15) is 0 Å². The average Bonchev–Trinajstić information content (AvgIpc) is 2.62. The number of carbonyl (C=O) groups excluding carboxylic acids is 1. The molecule has 128 valence electrons. The molecule has 0 heterocycles. The fourth-order valence-electron chi connectivity index (χ4n) is 2.94. The van der Waals surface area contributed by atoms with E-state index in [4.69, 9.17) is 4.74 Å². The maximum absolute atomic E-state index is 12.0. The quantitative estimate of drug-likeness (QED) is 0.362. The van der Waals surface area contributed by atoms with E-state index in [1.807, 2.05) is 56.3 Å². The minimum absolute atomic E-state index is 0.517. The third-order valence-corrected chi connectivity index (χ3v) is 4.14. The standard InChI is InChI=1S/C24H20O2/c1-17-9-12-21(13-10-17)24-18(2)15-22(16-19(24)3)26-23(25)14-11-20-7-5-4-6-8-20/h4-10,12-13,15-16H,1-3H3. The molecule has 0 unspecified atom stereocenters. The lowest BCUT2D eigenvalue weighted by Gasteiger charge is -2.12. The predicted octanol–water partition coefficient (Wildman–Crippen LogP) is 5.24. The van der Waals surface area contributed by atoms with Gasteiger partial charge >= 0.3 is 5.97 Å². The molecule has 0 aliphatic carbocycles. The van der Waals surface area contributed by atoms with Crippen LogP contribution in [0.15, 0.2) is 66.7 Å². The zero-order chi connectivity index (χ0) is 18.5. The monoisotopic (exact) mass is 340 g/mol. The lowest BCUT2D eigenvalue weighted by molar-refractivity contribution is -0.128. The number of aryl methyl sites for hydroxylation is 3. The Hall–Kier alpha value is -3.31. The summed E-state index contributed by atoms with van der Waals surface area (Å²) in [7, 11) is 0. The summed E-state index contributed by atoms with van der Waals surface area (Å²) in [6.07, 6.45) is 0. The van der Waals surface area contributed by atoms with Crippen LogP contribution in [0.3, 0.4) is 0 Å². The Kier molecular flexibility index (Phi) is 5.20. The highest BCUT2D eigenvalue weighted by Gasteiger charge is 2.10. The molecular weight excluding hydrogens is 320 g/mol. The molecule has 0 aromatic heterocycles. The minimum Gasteiger partial charge on any atom is -0.417 e. The van der Waals surface area contributed by atoms with Crippen molar-refractivity contribution in [3.8, 4) is 28.7 Å². The Morgan fingerprint density at radius 3 is 2.08 bits per heavy atom. The van der Waals surface area contributed by atoms with Crippen molar-refractivity contribution in [2.45, 2.75) is 20.8 Å². The first-order chi connectivity index (χ1) is 12.5. The van der Waals surface area contributed by atoms with Crippen LogP contribution >= 0.6 is 0 Å². The van der Waals surface area contributed by atoms with Crippen LogP contribution in [0.1, 0.15) is 22.3 Å². The lowest BCUT2D eigenvalue weighted by atomic mass is 9.95. The van der Waals surface area contributed by atoms with Gasteiger partial charge in [0.25, 0.3) is 0 Å². The van der Waals surface area contributed by atoms with Gasteiger partial charge in [0.05, 0.1) is 0 Å². The minimum atomic E-state index is -0.560. The van der Waals surface area contributed by atoms with Crippen LogP contribution in [0.2, 0.25) is 0 Å². The Balaban J connectivity index is 1.81. The Bertz CT molecular complexity index is 965. The van der Waals surface area contributed by atoms with Gasteiger partial charge in [-0.25, -0.2) is 4.79 Å². The number of ether oxygens (including phenoxy) is 1. The number of carbonyl (C=O) groups is 1. The Morgan fingerprint density at radius 2 is 1.46 bits per heavy atom. The van der Waals surface area contributed by atoms with Crippen molar-refractivity contribution in [1.82, 2.24) is 0 Å². The summed E-state index contributed by atoms with van der Waals surface area (Å²) in [5, 5.41) is 0. The van der Waals surface area contributed by atoms with Gasteiger partial charge < -0.3 is 4.74 Å². The van der Waals surface area contributed by atoms with Crippen LogP contribution in [0.5, 0.6) is 5.75 Å². The molecule has 0 aliphatic heterocycles. The molecule has 0 bridgehead atoms. The van der Waals surface area contributed by atoms with E-state index in [9.17, 15) is 4.79 Å². The maximum Gasteiger partial charge on any atom is 0.390 e. The molecule has 0 saturated carbocycles. The molecule has 2 heteroatoms. The maximum atomic E-state index is 12.0. The van der Waals surface area contributed by atoms with Crippen LogP contribution in [0, 0.1) is 32.6 Å². The molecule has 0 aliphatic rings. The van der Waals surface area contributed by atoms with Crippen molar-refractivity contribution >= 4 is 5.97 Å². The van der Waals surface area contributed by atoms with E-state index in [0.717, 1.165) is 22.3 Å². The first kappa shape index (κ1) is 17.5. The average molecular weight is 340 g/mol. The summed E-state index contributed by atoms with van der Waals surface area (Å²) >= 11 is 0. The van der Waals surface area contributed by atoms with Gasteiger partial charge in [-0.3, -0.25) is 0 Å². The van der Waals surface area contributed by atoms with Crippen LogP contribution < -0.4 is 4.74 Å². The molecule has 0 amide bonds. The Morgan fingerprint density at radius 1 is 0.846 bits per heavy atom. The van der Waals surface area contributed by atoms with Crippen molar-refractivity contribution in [2.24, 2.45) is 0 Å². The van der Waals surface area contributed by atoms with Crippen molar-refractivity contribution < 1.29 is 9.53 Å². The SMILES string of the molecule is Cc1ccc(-c2c(C)cc(OC(=O)C#Cc3ccccc3)cc2C)cc1. The summed E-state index contributed by atoms with van der Waals surface area (Å²) in [6, 6.07) is 21.6. The molecule has 0 spiro atoms. The molecular formula is C24H20O2. The zero-order valence-electron chi connectivity index (χ0n) is 15.2. The third-order valence-electron chi connectivity index (χ3n) is 4.14. The number of benzene rings is 3. The van der Waals surface area contributed by atoms with Gasteiger partial charge in [0.2, 0.25) is 0 Å². The summed E-state index contributed by atoms with van der Waals surface area (Å²) in [6.45, 7) is 6.12. The number of esters is 1. The first-order valence-electron chi connectivity index (χ1n) is 8.50. The molecule has 3 aromatic rings. The van der Waals surface area contributed by atoms with E-state index >= 15 is 0 Å². The summed E-state index contributed by atoms with van der Waals surface area (Å²) in [5.41, 5.74) is 6.46. The summed E-state index contributed by atoms with van der Waals surface area (Å²) in [5.74, 6) is 5.30. The highest BCUT2D eigenvalue weighted by Crippen LogP contribution is 2.31. The van der Waals surface area contributed by atoms with Crippen molar-refractivity contribution in [3.05, 3.63) is 89.0 Å². The molecule has 3 rings (SSSR count). The number of rotatable bonds is 2. The highest BCUT2D eigenvalue weighted by atomic mass is 16.5. The number of hydrogen-bond donors (Lipinski definition) is 0. The summed E-state index contributed by atoms with van der Waals surface area (Å²) < 4.78 is 5.40. The third kappa shape index (κ3) is 4.20. The van der Waals surface area contributed by atoms with Crippen molar-refractivity contribution in [2.75, 3.05) is 0 Å². The van der Waals surface area contributed by atoms with Gasteiger partial charge in [0.1, 0.15) is 5.75 Å². The van der Waals surface area contributed by atoms with Crippen LogP contribution in [0.4, 0.5) is 0 Å². The van der Waals surface area contributed by atoms with Crippen molar-refractivity contribution in [3.63, 3.8) is 0 Å². The van der Waals surface area contributed by atoms with Gasteiger partial charge in [0, 0.05) is 11.5 Å². The smallest absolute Gasteiger partial charge is 0.390 e. The van der Waals surface area contributed by atoms with E-state index in [2.05, 4.69) is 43.0 Å². The molecule has 0 fully saturated rings. The lowest BCUT2D eigenvalue weighted by Crippen LogP contribution is -2.05. The highest BCUT2D eigenvalue weighted by molar-refractivity contribution is 5.91. The fourth-order valence-corrected chi connectivity index (χ4v) is 2.94. The van der Waals surface area contributed by atoms with Gasteiger partial charge in [-0.05, 0) is 67.3 Å². The molecule has 0 radical (unpaired) electrons. The number of hydrogen-bond acceptors (Lipinski definition) is 2. The van der Waals surface area contributed by atoms with Gasteiger partial charge in [0.15, 0.2) is 0 Å². The van der Waals surface area contributed by atoms with E-state index in [0.29, 0.717) is 5.75 Å². The molecule has 0 N–H and O–H groups in total. The second kappa shape index (κ2) is 7.72. The molecule has 26 heavy (non-hydrogen) atoms. The second-order valence-electron chi connectivity index (χ2n) is 6.30. The van der Waals surface area contributed by atoms with Crippen molar-refractivity contribution in [1.29, 1.82) is 0 Å². The molecule has 3 aromatic carbocycles.